The Morgan fingerprint density at radius 1 is 1.56 bits per heavy atom. The molecular formula is C12H16N4O2. The Hall–Kier alpha value is -1.85. The molecule has 1 fully saturated rings. The molecule has 96 valence electrons. The van der Waals surface area contributed by atoms with Crippen molar-refractivity contribution in [1.29, 1.82) is 0 Å². The largest absolute Gasteiger partial charge is 0.481 e. The molecule has 1 saturated carbocycles. The highest BCUT2D eigenvalue weighted by atomic mass is 16.4. The maximum atomic E-state index is 10.5. The first-order valence-electron chi connectivity index (χ1n) is 6.28. The first kappa shape index (κ1) is 11.3. The van der Waals surface area contributed by atoms with Gasteiger partial charge in [0.15, 0.2) is 0 Å². The molecule has 0 saturated heterocycles. The molecule has 0 unspecified atom stereocenters. The second-order valence-electron chi connectivity index (χ2n) is 4.92. The summed E-state index contributed by atoms with van der Waals surface area (Å²) in [5, 5.41) is 13.2. The topological polar surface area (TPSA) is 72.4 Å². The van der Waals surface area contributed by atoms with Crippen molar-refractivity contribution in [2.24, 2.45) is 7.05 Å². The van der Waals surface area contributed by atoms with Gasteiger partial charge in [-0.3, -0.25) is 9.36 Å². The lowest BCUT2D eigenvalue weighted by Gasteiger charge is -2.23. The number of rotatable bonds is 4. The van der Waals surface area contributed by atoms with Crippen LogP contribution in [0.1, 0.15) is 43.1 Å². The Kier molecular flexibility index (Phi) is 2.57. The van der Waals surface area contributed by atoms with Crippen LogP contribution in [0.25, 0.3) is 5.78 Å². The Labute approximate surface area is 104 Å². The molecule has 2 aromatic heterocycles. The third-order valence-corrected chi connectivity index (χ3v) is 3.64. The van der Waals surface area contributed by atoms with Gasteiger partial charge in [-0.15, -0.1) is 0 Å². The number of aromatic nitrogens is 4. The molecule has 6 nitrogen and oxygen atoms in total. The molecule has 0 radical (unpaired) electrons. The van der Waals surface area contributed by atoms with E-state index in [0.717, 1.165) is 17.3 Å². The molecular weight excluding hydrogens is 232 g/mol. The summed E-state index contributed by atoms with van der Waals surface area (Å²) in [4.78, 5) is 15.0. The lowest BCUT2D eigenvalue weighted by atomic mass is 9.85. The van der Waals surface area contributed by atoms with E-state index < -0.39 is 5.97 Å². The molecule has 2 aromatic rings. The van der Waals surface area contributed by atoms with Crippen LogP contribution in [-0.4, -0.2) is 30.2 Å². The van der Waals surface area contributed by atoms with Crippen LogP contribution in [0.2, 0.25) is 0 Å². The summed E-state index contributed by atoms with van der Waals surface area (Å²) in [5.74, 6) is 1.67. The fourth-order valence-corrected chi connectivity index (χ4v) is 2.37. The van der Waals surface area contributed by atoms with Gasteiger partial charge in [-0.05, 0) is 12.8 Å². The van der Waals surface area contributed by atoms with Crippen LogP contribution in [-0.2, 0) is 18.3 Å². The van der Waals surface area contributed by atoms with E-state index >= 15 is 0 Å². The molecule has 0 spiro atoms. The SMILES string of the molecule is Cn1c(C2CCC2)nn2cc(CCC(=O)O)nc12. The fraction of sp³-hybridized carbons (Fsp3) is 0.583. The summed E-state index contributed by atoms with van der Waals surface area (Å²) in [6.07, 6.45) is 6.10. The number of hydrogen-bond acceptors (Lipinski definition) is 3. The molecule has 1 aliphatic carbocycles. The number of nitrogens with zero attached hydrogens (tertiary/aromatic N) is 4. The highest BCUT2D eigenvalue weighted by Crippen LogP contribution is 2.35. The first-order chi connectivity index (χ1) is 8.65. The molecule has 0 aromatic carbocycles. The Balaban J connectivity index is 1.87. The van der Waals surface area contributed by atoms with Crippen molar-refractivity contribution in [3.05, 3.63) is 17.7 Å². The van der Waals surface area contributed by atoms with Gasteiger partial charge in [0, 0.05) is 19.4 Å². The summed E-state index contributed by atoms with van der Waals surface area (Å²) in [7, 11) is 1.98. The second-order valence-corrected chi connectivity index (χ2v) is 4.92. The average molecular weight is 248 g/mol. The summed E-state index contributed by atoms with van der Waals surface area (Å²) in [5.41, 5.74) is 0.788. The number of carboxylic acids is 1. The number of aryl methyl sites for hydroxylation is 2. The standard InChI is InChI=1S/C12H16N4O2/c1-15-11(8-3-2-4-8)14-16-7-9(13-12(15)16)5-6-10(17)18/h7-8H,2-6H2,1H3,(H,17,18). The Morgan fingerprint density at radius 3 is 2.89 bits per heavy atom. The highest BCUT2D eigenvalue weighted by Gasteiger charge is 2.25. The average Bonchev–Trinajstić information content (AvgIpc) is 2.75. The van der Waals surface area contributed by atoms with Gasteiger partial charge in [-0.25, -0.2) is 9.50 Å². The van der Waals surface area contributed by atoms with Gasteiger partial charge in [0.05, 0.1) is 18.3 Å². The smallest absolute Gasteiger partial charge is 0.303 e. The Morgan fingerprint density at radius 2 is 2.33 bits per heavy atom. The first-order valence-corrected chi connectivity index (χ1v) is 6.28. The minimum atomic E-state index is -0.796. The number of hydrogen-bond donors (Lipinski definition) is 1. The van der Waals surface area contributed by atoms with Crippen LogP contribution in [0.15, 0.2) is 6.20 Å². The third-order valence-electron chi connectivity index (χ3n) is 3.64. The van der Waals surface area contributed by atoms with Gasteiger partial charge < -0.3 is 5.11 Å². The van der Waals surface area contributed by atoms with Gasteiger partial charge in [0.25, 0.3) is 0 Å². The normalized spacial score (nSPS) is 16.1. The van der Waals surface area contributed by atoms with Crippen molar-refractivity contribution in [1.82, 2.24) is 19.2 Å². The summed E-state index contributed by atoms with van der Waals surface area (Å²) in [6.45, 7) is 0. The lowest BCUT2D eigenvalue weighted by Crippen LogP contribution is -2.14. The van der Waals surface area contributed by atoms with Crippen LogP contribution in [0, 0.1) is 0 Å². The molecule has 2 heterocycles. The van der Waals surface area contributed by atoms with Gasteiger partial charge >= 0.3 is 5.97 Å². The predicted molar refractivity (Wildman–Crippen MR) is 64.5 cm³/mol. The van der Waals surface area contributed by atoms with Crippen molar-refractivity contribution >= 4 is 11.7 Å². The van der Waals surface area contributed by atoms with E-state index in [4.69, 9.17) is 5.11 Å². The van der Waals surface area contributed by atoms with Gasteiger partial charge in [0.2, 0.25) is 5.78 Å². The lowest BCUT2D eigenvalue weighted by molar-refractivity contribution is -0.136. The van der Waals surface area contributed by atoms with Crippen molar-refractivity contribution in [3.63, 3.8) is 0 Å². The second kappa shape index (κ2) is 4.12. The molecule has 0 atom stereocenters. The highest BCUT2D eigenvalue weighted by molar-refractivity contribution is 5.67. The van der Waals surface area contributed by atoms with Crippen LogP contribution in [0.4, 0.5) is 0 Å². The van der Waals surface area contributed by atoms with Gasteiger partial charge in [0.1, 0.15) is 5.82 Å². The maximum absolute atomic E-state index is 10.5. The van der Waals surface area contributed by atoms with Crippen molar-refractivity contribution in [2.45, 2.75) is 38.0 Å². The summed E-state index contributed by atoms with van der Waals surface area (Å²) in [6, 6.07) is 0. The van der Waals surface area contributed by atoms with Crippen molar-refractivity contribution < 1.29 is 9.90 Å². The zero-order valence-electron chi connectivity index (χ0n) is 10.3. The fourth-order valence-electron chi connectivity index (χ4n) is 2.37. The Bertz CT molecular complexity index is 595. The number of carboxylic acid groups (broad SMARTS) is 1. The molecule has 1 aliphatic rings. The van der Waals surface area contributed by atoms with E-state index in [-0.39, 0.29) is 6.42 Å². The maximum Gasteiger partial charge on any atom is 0.303 e. The monoisotopic (exact) mass is 248 g/mol. The van der Waals surface area contributed by atoms with E-state index in [1.54, 1.807) is 4.52 Å². The minimum Gasteiger partial charge on any atom is -0.481 e. The molecule has 6 heteroatoms. The van der Waals surface area contributed by atoms with Gasteiger partial charge in [-0.1, -0.05) is 6.42 Å². The predicted octanol–water partition coefficient (Wildman–Crippen LogP) is 1.35. The summed E-state index contributed by atoms with van der Waals surface area (Å²) >= 11 is 0. The molecule has 0 amide bonds. The van der Waals surface area contributed by atoms with Crippen LogP contribution < -0.4 is 0 Å². The number of fused-ring (bicyclic) bond motifs is 1. The van der Waals surface area contributed by atoms with Crippen molar-refractivity contribution in [2.75, 3.05) is 0 Å². The van der Waals surface area contributed by atoms with Gasteiger partial charge in [-0.2, -0.15) is 5.10 Å². The molecule has 3 rings (SSSR count). The molecule has 1 N–H and O–H groups in total. The summed E-state index contributed by atoms with van der Waals surface area (Å²) < 4.78 is 3.79. The minimum absolute atomic E-state index is 0.110. The quantitative estimate of drug-likeness (QED) is 0.886. The van der Waals surface area contributed by atoms with E-state index in [1.807, 2.05) is 17.8 Å². The van der Waals surface area contributed by atoms with E-state index in [0.29, 0.717) is 12.3 Å². The van der Waals surface area contributed by atoms with E-state index in [9.17, 15) is 4.79 Å². The molecule has 18 heavy (non-hydrogen) atoms. The van der Waals surface area contributed by atoms with E-state index in [1.165, 1.54) is 19.3 Å². The number of imidazole rings is 1. The zero-order valence-corrected chi connectivity index (χ0v) is 10.3. The van der Waals surface area contributed by atoms with Crippen LogP contribution in [0.3, 0.4) is 0 Å². The zero-order chi connectivity index (χ0) is 12.7. The van der Waals surface area contributed by atoms with Crippen LogP contribution >= 0.6 is 0 Å². The molecule has 0 bridgehead atoms. The van der Waals surface area contributed by atoms with Crippen LogP contribution in [0.5, 0.6) is 0 Å². The van der Waals surface area contributed by atoms with Crippen molar-refractivity contribution in [3.8, 4) is 0 Å². The number of carbonyl (C=O) groups is 1. The third kappa shape index (κ3) is 1.77. The van der Waals surface area contributed by atoms with E-state index in [2.05, 4.69) is 10.1 Å². The molecule has 0 aliphatic heterocycles. The number of aliphatic carboxylic acids is 1.